The fraction of sp³-hybridized carbons (Fsp3) is 0.409. The molecule has 0 saturated carbocycles. The van der Waals surface area contributed by atoms with Gasteiger partial charge in [-0.25, -0.2) is 14.3 Å². The Hall–Kier alpha value is -3.80. The van der Waals surface area contributed by atoms with Gasteiger partial charge in [0.05, 0.1) is 31.0 Å². The van der Waals surface area contributed by atoms with E-state index in [1.165, 1.54) is 10.9 Å². The summed E-state index contributed by atoms with van der Waals surface area (Å²) in [6, 6.07) is 8.81. The number of carbonyl (C=O) groups is 1. The molecule has 198 valence electrons. The number of H-pyrrole nitrogens is 1. The number of benzene rings is 1. The second kappa shape index (κ2) is 8.90. The van der Waals surface area contributed by atoms with Crippen LogP contribution in [0.2, 0.25) is 0 Å². The van der Waals surface area contributed by atoms with Crippen LogP contribution < -0.4 is 11.3 Å². The van der Waals surface area contributed by atoms with Crippen molar-refractivity contribution >= 4 is 31.1 Å². The van der Waals surface area contributed by atoms with Crippen molar-refractivity contribution in [3.8, 4) is 6.07 Å². The highest BCUT2D eigenvalue weighted by atomic mass is 31.2. The number of phosphoric acid groups is 1. The predicted octanol–water partition coefficient (Wildman–Crippen LogP) is 2.07. The minimum Gasteiger partial charge on any atom is -0.424 e. The summed E-state index contributed by atoms with van der Waals surface area (Å²) in [5.41, 5.74) is 4.85. The molecule has 3 aromatic rings. The van der Waals surface area contributed by atoms with E-state index in [4.69, 9.17) is 38.8 Å². The van der Waals surface area contributed by atoms with Crippen molar-refractivity contribution in [1.82, 2.24) is 19.5 Å². The molecular formula is C22H21N6O9P. The summed E-state index contributed by atoms with van der Waals surface area (Å²) in [5, 5.41) is 9.17. The number of anilines is 1. The minimum absolute atomic E-state index is 0.0443. The van der Waals surface area contributed by atoms with Crippen LogP contribution in [0.1, 0.15) is 36.8 Å². The number of fused-ring (bicyclic) bond motifs is 2. The molecule has 3 aliphatic rings. The smallest absolute Gasteiger partial charge is 0.424 e. The van der Waals surface area contributed by atoms with Crippen molar-refractivity contribution in [3.63, 3.8) is 0 Å². The van der Waals surface area contributed by atoms with Gasteiger partial charge in [-0.05, 0) is 24.6 Å². The molecule has 0 unspecified atom stereocenters. The third kappa shape index (κ3) is 4.03. The van der Waals surface area contributed by atoms with Gasteiger partial charge in [0.15, 0.2) is 29.1 Å². The maximum atomic E-state index is 13.3. The van der Waals surface area contributed by atoms with Gasteiger partial charge in [-0.15, -0.1) is 0 Å². The number of nitrogens with one attached hydrogen (secondary N) is 1. The number of nitrogens with two attached hydrogens (primary N) is 1. The Labute approximate surface area is 214 Å². The first-order valence-corrected chi connectivity index (χ1v) is 13.0. The highest BCUT2D eigenvalue weighted by molar-refractivity contribution is 7.48. The topological polar surface area (TPSA) is 203 Å². The van der Waals surface area contributed by atoms with Crippen molar-refractivity contribution in [1.29, 1.82) is 5.26 Å². The molecule has 3 N–H and O–H groups in total. The molecule has 0 radical (unpaired) electrons. The number of aromatic nitrogens is 4. The summed E-state index contributed by atoms with van der Waals surface area (Å²) in [4.78, 5) is 35.2. The zero-order chi connectivity index (χ0) is 26.7. The van der Waals surface area contributed by atoms with Gasteiger partial charge < -0.3 is 19.9 Å². The lowest BCUT2D eigenvalue weighted by atomic mass is 9.96. The Morgan fingerprint density at radius 1 is 1.39 bits per heavy atom. The molecule has 16 heteroatoms. The first-order chi connectivity index (χ1) is 18.2. The first kappa shape index (κ1) is 24.5. The van der Waals surface area contributed by atoms with E-state index in [2.05, 4.69) is 21.0 Å². The highest BCUT2D eigenvalue weighted by Crippen LogP contribution is 2.58. The van der Waals surface area contributed by atoms with E-state index in [0.29, 0.717) is 17.5 Å². The Balaban J connectivity index is 1.24. The number of phosphoric ester groups is 1. The van der Waals surface area contributed by atoms with Crippen LogP contribution in [0.25, 0.3) is 11.2 Å². The molecule has 15 nitrogen and oxygen atoms in total. The number of nitrogens with zero attached hydrogens (tertiary/aromatic N) is 4. The quantitative estimate of drug-likeness (QED) is 0.349. The fourth-order valence-electron chi connectivity index (χ4n) is 4.88. The summed E-state index contributed by atoms with van der Waals surface area (Å²) in [6.45, 7) is 1.31. The molecule has 3 aliphatic heterocycles. The maximum absolute atomic E-state index is 13.3. The Morgan fingerprint density at radius 3 is 3.05 bits per heavy atom. The van der Waals surface area contributed by atoms with Gasteiger partial charge in [0.1, 0.15) is 12.4 Å². The summed E-state index contributed by atoms with van der Waals surface area (Å²) in [5.74, 6) is -0.110. The lowest BCUT2D eigenvalue weighted by Crippen LogP contribution is -2.42. The van der Waals surface area contributed by atoms with E-state index in [-0.39, 0.29) is 30.3 Å². The second-order valence-corrected chi connectivity index (χ2v) is 10.7. The van der Waals surface area contributed by atoms with Crippen LogP contribution in [0.15, 0.2) is 35.4 Å². The third-order valence-corrected chi connectivity index (χ3v) is 8.08. The lowest BCUT2D eigenvalue weighted by molar-refractivity contribution is -0.0924. The molecule has 1 aromatic carbocycles. The molecule has 3 saturated heterocycles. The van der Waals surface area contributed by atoms with Gasteiger partial charge in [-0.2, -0.15) is 10.2 Å². The fourth-order valence-corrected chi connectivity index (χ4v) is 6.28. The molecule has 6 rings (SSSR count). The molecule has 0 aliphatic carbocycles. The largest absolute Gasteiger partial charge is 0.509 e. The van der Waals surface area contributed by atoms with Gasteiger partial charge >= 0.3 is 14.0 Å². The number of hydrogen-bond acceptors (Lipinski definition) is 13. The maximum Gasteiger partial charge on any atom is 0.509 e. The number of imidazole rings is 1. The standard InChI is InChI=1S/C22H21N6O9P/c1-22-16(35-21(30)36-22)14(34-19(22)28-10-25-17-15(28)18(29)27-20(24)26-17)9-33-38(31)32-6-5-13(37-38)12-4-2-3-11(7-12)8-23/h2-4,7,10,13-14,16,19H,5-6,9H2,1H3,(H3,24,26,27,29)/t13-,14+,16+,19+,22+,38+/m0/s1. The zero-order valence-corrected chi connectivity index (χ0v) is 20.7. The highest BCUT2D eigenvalue weighted by Gasteiger charge is 2.64. The van der Waals surface area contributed by atoms with E-state index >= 15 is 0 Å². The van der Waals surface area contributed by atoms with E-state index in [9.17, 15) is 14.2 Å². The van der Waals surface area contributed by atoms with Crippen LogP contribution in [-0.4, -0.2) is 56.7 Å². The zero-order valence-electron chi connectivity index (χ0n) is 19.8. The summed E-state index contributed by atoms with van der Waals surface area (Å²) in [6.07, 6.45) is -2.89. The van der Waals surface area contributed by atoms with Crippen molar-refractivity contribution in [2.24, 2.45) is 0 Å². The van der Waals surface area contributed by atoms with Gasteiger partial charge in [0.2, 0.25) is 5.95 Å². The van der Waals surface area contributed by atoms with E-state index in [1.54, 1.807) is 31.2 Å². The number of aromatic amines is 1. The van der Waals surface area contributed by atoms with Crippen LogP contribution in [0.4, 0.5) is 10.7 Å². The molecule has 0 bridgehead atoms. The predicted molar refractivity (Wildman–Crippen MR) is 125 cm³/mol. The minimum atomic E-state index is -4.06. The number of nitrogen functional groups attached to an aromatic ring is 1. The summed E-state index contributed by atoms with van der Waals surface area (Å²) < 4.78 is 48.2. The Bertz CT molecular complexity index is 1580. The number of hydrogen-bond donors (Lipinski definition) is 2. The van der Waals surface area contributed by atoms with E-state index < -0.39 is 49.7 Å². The van der Waals surface area contributed by atoms with E-state index in [0.717, 1.165) is 0 Å². The van der Waals surface area contributed by atoms with Crippen molar-refractivity contribution < 1.29 is 37.1 Å². The number of ether oxygens (including phenoxy) is 3. The first-order valence-electron chi connectivity index (χ1n) is 11.5. The van der Waals surface area contributed by atoms with Crippen LogP contribution in [0, 0.1) is 11.3 Å². The molecule has 5 heterocycles. The number of carbonyl (C=O) groups excluding carboxylic acids is 1. The van der Waals surface area contributed by atoms with Crippen molar-refractivity contribution in [2.45, 2.75) is 43.5 Å². The number of rotatable bonds is 5. The van der Waals surface area contributed by atoms with Gasteiger partial charge in [0, 0.05) is 6.42 Å². The molecular weight excluding hydrogens is 523 g/mol. The molecule has 0 spiro atoms. The molecule has 3 fully saturated rings. The molecule has 38 heavy (non-hydrogen) atoms. The van der Waals surface area contributed by atoms with Gasteiger partial charge in [-0.3, -0.25) is 27.9 Å². The van der Waals surface area contributed by atoms with Gasteiger partial charge in [-0.1, -0.05) is 12.1 Å². The van der Waals surface area contributed by atoms with Crippen molar-refractivity contribution in [2.75, 3.05) is 18.9 Å². The van der Waals surface area contributed by atoms with Crippen LogP contribution >= 0.6 is 7.82 Å². The summed E-state index contributed by atoms with van der Waals surface area (Å²) in [7, 11) is -4.06. The lowest BCUT2D eigenvalue weighted by Gasteiger charge is -2.30. The molecule has 0 amide bonds. The second-order valence-electron chi connectivity index (χ2n) is 9.07. The average molecular weight is 544 g/mol. The summed E-state index contributed by atoms with van der Waals surface area (Å²) >= 11 is 0. The monoisotopic (exact) mass is 544 g/mol. The van der Waals surface area contributed by atoms with E-state index in [1.807, 2.05) is 0 Å². The molecule has 2 aromatic heterocycles. The Morgan fingerprint density at radius 2 is 2.24 bits per heavy atom. The third-order valence-electron chi connectivity index (χ3n) is 6.60. The SMILES string of the molecule is C[C@@]12OC(=O)O[C@@H]1[C@@H](CO[P@@]1(=O)OCC[C@@H](c3cccc(C#N)c3)O1)O[C@H]2n1cnc2nc(N)[nH]c(=O)c21. The average Bonchev–Trinajstić information content (AvgIpc) is 3.51. The van der Waals surface area contributed by atoms with Gasteiger partial charge in [0.25, 0.3) is 5.56 Å². The van der Waals surface area contributed by atoms with Crippen LogP contribution in [-0.2, 0) is 32.3 Å². The normalized spacial score (nSPS) is 32.5. The molecule has 6 atom stereocenters. The number of nitriles is 1. The van der Waals surface area contributed by atoms with Crippen LogP contribution in [0.5, 0.6) is 0 Å². The van der Waals surface area contributed by atoms with Crippen molar-refractivity contribution in [3.05, 3.63) is 52.1 Å². The van der Waals surface area contributed by atoms with Crippen LogP contribution in [0.3, 0.4) is 0 Å². The Kier molecular flexibility index (Phi) is 5.74.